The van der Waals surface area contributed by atoms with E-state index in [4.69, 9.17) is 4.74 Å². The van der Waals surface area contributed by atoms with E-state index in [0.29, 0.717) is 19.7 Å². The van der Waals surface area contributed by atoms with Gasteiger partial charge in [0.1, 0.15) is 6.10 Å². The zero-order chi connectivity index (χ0) is 13.9. The molecule has 1 saturated carbocycles. The lowest BCUT2D eigenvalue weighted by molar-refractivity contribution is -0.136. The lowest BCUT2D eigenvalue weighted by atomic mass is 10.2. The fourth-order valence-electron chi connectivity index (χ4n) is 2.40. The van der Waals surface area contributed by atoms with Gasteiger partial charge in [0.15, 0.2) is 0 Å². The quantitative estimate of drug-likeness (QED) is 0.910. The number of morpholine rings is 1. The van der Waals surface area contributed by atoms with Crippen LogP contribution in [0.2, 0.25) is 0 Å². The summed E-state index contributed by atoms with van der Waals surface area (Å²) in [5.41, 5.74) is 1.95. The fourth-order valence-corrected chi connectivity index (χ4v) is 2.40. The number of hydrogen-bond donors (Lipinski definition) is 1. The van der Waals surface area contributed by atoms with Crippen LogP contribution in [0.25, 0.3) is 0 Å². The van der Waals surface area contributed by atoms with Crippen LogP contribution in [-0.2, 0) is 9.53 Å². The van der Waals surface area contributed by atoms with Crippen molar-refractivity contribution in [1.82, 2.24) is 9.88 Å². The maximum absolute atomic E-state index is 11.4. The highest BCUT2D eigenvalue weighted by Gasteiger charge is 2.24. The molecule has 0 unspecified atom stereocenters. The normalized spacial score (nSPS) is 22.6. The molecule has 2 heterocycles. The summed E-state index contributed by atoms with van der Waals surface area (Å²) < 4.78 is 5.72. The highest BCUT2D eigenvalue weighted by atomic mass is 16.5. The van der Waals surface area contributed by atoms with Crippen molar-refractivity contribution in [3.63, 3.8) is 0 Å². The van der Waals surface area contributed by atoms with Gasteiger partial charge in [0, 0.05) is 20.0 Å². The molecule has 0 spiro atoms. The summed E-state index contributed by atoms with van der Waals surface area (Å²) in [5.74, 6) is 0.946. The number of carbonyl (C=O) groups is 1. The third-order valence-corrected chi connectivity index (χ3v) is 3.92. The van der Waals surface area contributed by atoms with Crippen LogP contribution in [0, 0.1) is 5.92 Å². The van der Waals surface area contributed by atoms with Gasteiger partial charge in [0.2, 0.25) is 5.91 Å². The molecule has 3 rings (SSSR count). The van der Waals surface area contributed by atoms with Gasteiger partial charge in [-0.25, -0.2) is 0 Å². The van der Waals surface area contributed by atoms with Crippen LogP contribution >= 0.6 is 0 Å². The average molecular weight is 275 g/mol. The zero-order valence-electron chi connectivity index (χ0n) is 11.8. The number of ether oxygens (including phenoxy) is 1. The van der Waals surface area contributed by atoms with Gasteiger partial charge in [-0.3, -0.25) is 9.78 Å². The van der Waals surface area contributed by atoms with Crippen LogP contribution in [-0.4, -0.2) is 42.0 Å². The molecule has 0 bridgehead atoms. The first-order valence-corrected chi connectivity index (χ1v) is 7.29. The Bertz CT molecular complexity index is 471. The molecule has 1 amide bonds. The predicted molar refractivity (Wildman–Crippen MR) is 76.4 cm³/mol. The minimum Gasteiger partial charge on any atom is -0.384 e. The zero-order valence-corrected chi connectivity index (χ0v) is 11.8. The number of carbonyl (C=O) groups excluding carboxylic acids is 1. The van der Waals surface area contributed by atoms with E-state index in [-0.39, 0.29) is 12.0 Å². The summed E-state index contributed by atoms with van der Waals surface area (Å²) in [5, 5.41) is 3.40. The molecule has 5 heteroatoms. The predicted octanol–water partition coefficient (Wildman–Crippen LogP) is 1.82. The first-order valence-electron chi connectivity index (χ1n) is 7.29. The molecule has 20 heavy (non-hydrogen) atoms. The Balaban J connectivity index is 1.59. The molecule has 2 aliphatic rings. The number of pyridine rings is 1. The van der Waals surface area contributed by atoms with Crippen LogP contribution in [0.5, 0.6) is 0 Å². The molecule has 1 saturated heterocycles. The highest BCUT2D eigenvalue weighted by Crippen LogP contribution is 2.29. The molecule has 1 N–H and O–H groups in total. The smallest absolute Gasteiger partial charge is 0.219 e. The Morgan fingerprint density at radius 1 is 1.50 bits per heavy atom. The standard InChI is InChI=1S/C15H21N3O2/c1-11(19)18-6-7-20-15(10-18)14-5-4-13(9-17-14)16-8-12-2-3-12/h4-5,9,12,15-16H,2-3,6-8,10H2,1H3/t15-/m1/s1. The molecular weight excluding hydrogens is 254 g/mol. The third-order valence-electron chi connectivity index (χ3n) is 3.92. The van der Waals surface area contributed by atoms with Crippen LogP contribution in [0.1, 0.15) is 31.6 Å². The van der Waals surface area contributed by atoms with Crippen molar-refractivity contribution >= 4 is 11.6 Å². The number of rotatable bonds is 4. The molecule has 1 aliphatic carbocycles. The van der Waals surface area contributed by atoms with Crippen molar-refractivity contribution in [2.24, 2.45) is 5.92 Å². The van der Waals surface area contributed by atoms with Crippen molar-refractivity contribution in [2.75, 3.05) is 31.6 Å². The van der Waals surface area contributed by atoms with Crippen molar-refractivity contribution in [3.05, 3.63) is 24.0 Å². The van der Waals surface area contributed by atoms with E-state index in [0.717, 1.165) is 23.8 Å². The summed E-state index contributed by atoms with van der Waals surface area (Å²) in [6.07, 6.45) is 4.43. The van der Waals surface area contributed by atoms with Crippen LogP contribution < -0.4 is 5.32 Å². The van der Waals surface area contributed by atoms with Crippen LogP contribution in [0.4, 0.5) is 5.69 Å². The van der Waals surface area contributed by atoms with Gasteiger partial charge in [-0.05, 0) is 30.9 Å². The van der Waals surface area contributed by atoms with E-state index in [2.05, 4.69) is 10.3 Å². The van der Waals surface area contributed by atoms with Crippen LogP contribution in [0.3, 0.4) is 0 Å². The second-order valence-electron chi connectivity index (χ2n) is 5.62. The second kappa shape index (κ2) is 5.79. The van der Waals surface area contributed by atoms with Crippen molar-refractivity contribution in [3.8, 4) is 0 Å². The SMILES string of the molecule is CC(=O)N1CCO[C@@H](c2ccc(NCC3CC3)cn2)C1. The molecule has 108 valence electrons. The minimum absolute atomic E-state index is 0.0982. The van der Waals surface area contributed by atoms with E-state index in [1.54, 1.807) is 6.92 Å². The number of nitrogens with one attached hydrogen (secondary N) is 1. The van der Waals surface area contributed by atoms with E-state index < -0.39 is 0 Å². The van der Waals surface area contributed by atoms with Crippen molar-refractivity contribution in [1.29, 1.82) is 0 Å². The Morgan fingerprint density at radius 2 is 2.35 bits per heavy atom. The maximum atomic E-state index is 11.4. The number of hydrogen-bond acceptors (Lipinski definition) is 4. The van der Waals surface area contributed by atoms with Crippen molar-refractivity contribution < 1.29 is 9.53 Å². The number of anilines is 1. The third kappa shape index (κ3) is 3.28. The van der Waals surface area contributed by atoms with Gasteiger partial charge >= 0.3 is 0 Å². The van der Waals surface area contributed by atoms with Gasteiger partial charge in [-0.1, -0.05) is 0 Å². The van der Waals surface area contributed by atoms with E-state index in [1.165, 1.54) is 12.8 Å². The van der Waals surface area contributed by atoms with Crippen molar-refractivity contribution in [2.45, 2.75) is 25.9 Å². The van der Waals surface area contributed by atoms with E-state index >= 15 is 0 Å². The summed E-state index contributed by atoms with van der Waals surface area (Å²) >= 11 is 0. The first-order chi connectivity index (χ1) is 9.72. The molecule has 0 radical (unpaired) electrons. The number of aromatic nitrogens is 1. The summed E-state index contributed by atoms with van der Waals surface area (Å²) in [7, 11) is 0. The maximum Gasteiger partial charge on any atom is 0.219 e. The Kier molecular flexibility index (Phi) is 3.87. The molecule has 1 aromatic rings. The minimum atomic E-state index is -0.106. The molecular formula is C15H21N3O2. The monoisotopic (exact) mass is 275 g/mol. The number of amides is 1. The number of nitrogens with zero attached hydrogens (tertiary/aromatic N) is 2. The van der Waals surface area contributed by atoms with Gasteiger partial charge in [0.05, 0.1) is 30.7 Å². The second-order valence-corrected chi connectivity index (χ2v) is 5.62. The molecule has 1 aromatic heterocycles. The van der Waals surface area contributed by atoms with E-state index in [1.807, 2.05) is 23.2 Å². The largest absolute Gasteiger partial charge is 0.384 e. The average Bonchev–Trinajstić information content (AvgIpc) is 3.30. The van der Waals surface area contributed by atoms with Gasteiger partial charge in [-0.15, -0.1) is 0 Å². The van der Waals surface area contributed by atoms with Crippen LogP contribution in [0.15, 0.2) is 18.3 Å². The Morgan fingerprint density at radius 3 is 3.00 bits per heavy atom. The molecule has 5 nitrogen and oxygen atoms in total. The Hall–Kier alpha value is -1.62. The lowest BCUT2D eigenvalue weighted by Gasteiger charge is -2.32. The van der Waals surface area contributed by atoms with Gasteiger partial charge in [0.25, 0.3) is 0 Å². The summed E-state index contributed by atoms with van der Waals surface area (Å²) in [4.78, 5) is 17.7. The fraction of sp³-hybridized carbons (Fsp3) is 0.600. The first kappa shape index (κ1) is 13.4. The molecule has 0 aromatic carbocycles. The molecule has 1 atom stereocenters. The summed E-state index contributed by atoms with van der Waals surface area (Å²) in [6.45, 7) is 4.48. The van der Waals surface area contributed by atoms with Gasteiger partial charge in [-0.2, -0.15) is 0 Å². The summed E-state index contributed by atoms with van der Waals surface area (Å²) in [6, 6.07) is 4.03. The molecule has 1 aliphatic heterocycles. The lowest BCUT2D eigenvalue weighted by Crippen LogP contribution is -2.41. The highest BCUT2D eigenvalue weighted by molar-refractivity contribution is 5.73. The Labute approximate surface area is 119 Å². The van der Waals surface area contributed by atoms with E-state index in [9.17, 15) is 4.79 Å². The molecule has 2 fully saturated rings. The van der Waals surface area contributed by atoms with Gasteiger partial charge < -0.3 is 15.0 Å². The topological polar surface area (TPSA) is 54.5 Å².